The molecule has 0 aliphatic rings. The van der Waals surface area contributed by atoms with Crippen molar-refractivity contribution in [1.29, 1.82) is 0 Å². The maximum absolute atomic E-state index is 5.68. The van der Waals surface area contributed by atoms with Crippen LogP contribution in [0.1, 0.15) is 11.1 Å². The van der Waals surface area contributed by atoms with Gasteiger partial charge in [-0.05, 0) is 77.0 Å². The molecule has 128 valence electrons. The molecule has 0 atom stereocenters. The van der Waals surface area contributed by atoms with Crippen LogP contribution in [0.2, 0.25) is 0 Å². The summed E-state index contributed by atoms with van der Waals surface area (Å²) in [6, 6.07) is 22.4. The van der Waals surface area contributed by atoms with E-state index in [9.17, 15) is 0 Å². The molecule has 0 unspecified atom stereocenters. The Morgan fingerprint density at radius 3 is 2.44 bits per heavy atom. The summed E-state index contributed by atoms with van der Waals surface area (Å²) >= 11 is 5.84. The quantitative estimate of drug-likeness (QED) is 0.289. The van der Waals surface area contributed by atoms with E-state index in [0.29, 0.717) is 6.61 Å². The molecule has 0 heterocycles. The van der Waals surface area contributed by atoms with E-state index in [1.165, 1.54) is 9.13 Å². The number of benzene rings is 3. The third-order valence-electron chi connectivity index (χ3n) is 3.70. The highest BCUT2D eigenvalue weighted by molar-refractivity contribution is 14.1. The number of aryl methyl sites for hydroxylation is 1. The molecule has 0 saturated carbocycles. The van der Waals surface area contributed by atoms with E-state index in [-0.39, 0.29) is 0 Å². The molecule has 0 aliphatic carbocycles. The number of hydrogen-bond acceptors (Lipinski definition) is 3. The molecule has 3 aromatic rings. The number of halogens is 2. The van der Waals surface area contributed by atoms with Gasteiger partial charge in [0.2, 0.25) is 0 Å². The monoisotopic (exact) mass is 508 g/mol. The van der Waals surface area contributed by atoms with Gasteiger partial charge in [-0.15, -0.1) is 0 Å². The first kappa shape index (κ1) is 18.2. The lowest BCUT2D eigenvalue weighted by Gasteiger charge is -2.16. The van der Waals surface area contributed by atoms with Crippen LogP contribution in [-0.2, 0) is 11.4 Å². The van der Waals surface area contributed by atoms with E-state index >= 15 is 0 Å². The van der Waals surface area contributed by atoms with Gasteiger partial charge >= 0.3 is 0 Å². The zero-order chi connectivity index (χ0) is 17.6. The zero-order valence-electron chi connectivity index (χ0n) is 13.7. The van der Waals surface area contributed by atoms with Crippen molar-refractivity contribution in [3.63, 3.8) is 0 Å². The second-order valence-corrected chi connectivity index (χ2v) is 7.81. The summed E-state index contributed by atoms with van der Waals surface area (Å²) in [4.78, 5) is 5.68. The molecule has 0 saturated heterocycles. The van der Waals surface area contributed by atoms with Crippen molar-refractivity contribution in [3.8, 4) is 0 Å². The summed E-state index contributed by atoms with van der Waals surface area (Å²) in [5, 5.41) is 3.48. The van der Waals surface area contributed by atoms with Crippen LogP contribution in [0.25, 0.3) is 0 Å². The first-order chi connectivity index (χ1) is 12.1. The Bertz CT molecular complexity index is 856. The van der Waals surface area contributed by atoms with Crippen molar-refractivity contribution < 1.29 is 4.84 Å². The van der Waals surface area contributed by atoms with Crippen LogP contribution in [0.4, 0.5) is 17.1 Å². The highest BCUT2D eigenvalue weighted by atomic mass is 127. The molecule has 3 rings (SSSR count). The average Bonchev–Trinajstić information content (AvgIpc) is 2.60. The fourth-order valence-electron chi connectivity index (χ4n) is 2.39. The Balaban J connectivity index is 1.73. The topological polar surface area (TPSA) is 33.3 Å². The van der Waals surface area contributed by atoms with Crippen molar-refractivity contribution in [2.75, 3.05) is 10.8 Å². The predicted octanol–water partition coefficient (Wildman–Crippen LogP) is 6.65. The maximum atomic E-state index is 5.68. The van der Waals surface area contributed by atoms with Crippen molar-refractivity contribution in [2.24, 2.45) is 0 Å². The molecule has 0 radical (unpaired) electrons. The molecule has 2 N–H and O–H groups in total. The number of anilines is 3. The standard InChI is InChI=1S/C20H18BrIN2O/c1-14-11-17(22)8-10-18(14)23-19-9-7-16(21)12-20(19)24-25-13-15-5-3-2-4-6-15/h2-12,23-24H,13H2,1H3. The first-order valence-corrected chi connectivity index (χ1v) is 9.73. The van der Waals surface area contributed by atoms with Crippen molar-refractivity contribution in [3.05, 3.63) is 85.9 Å². The number of rotatable bonds is 6. The van der Waals surface area contributed by atoms with E-state index in [2.05, 4.69) is 74.4 Å². The zero-order valence-corrected chi connectivity index (χ0v) is 17.5. The van der Waals surface area contributed by atoms with E-state index in [4.69, 9.17) is 4.84 Å². The van der Waals surface area contributed by atoms with Gasteiger partial charge in [0, 0.05) is 13.7 Å². The number of hydrogen-bond donors (Lipinski definition) is 2. The molecule has 3 nitrogen and oxygen atoms in total. The minimum absolute atomic E-state index is 0.495. The summed E-state index contributed by atoms with van der Waals surface area (Å²) in [5.74, 6) is 0. The van der Waals surface area contributed by atoms with Gasteiger partial charge in [-0.3, -0.25) is 10.3 Å². The van der Waals surface area contributed by atoms with Gasteiger partial charge in [0.15, 0.2) is 0 Å². The Labute approximate surface area is 170 Å². The summed E-state index contributed by atoms with van der Waals surface area (Å²) in [6.45, 7) is 2.59. The van der Waals surface area contributed by atoms with E-state index in [1.54, 1.807) is 0 Å². The third kappa shape index (κ3) is 5.20. The third-order valence-corrected chi connectivity index (χ3v) is 4.87. The maximum Gasteiger partial charge on any atom is 0.0996 e. The Morgan fingerprint density at radius 1 is 0.920 bits per heavy atom. The van der Waals surface area contributed by atoms with Gasteiger partial charge in [-0.2, -0.15) is 0 Å². The predicted molar refractivity (Wildman–Crippen MR) is 116 cm³/mol. The van der Waals surface area contributed by atoms with E-state index < -0.39 is 0 Å². The van der Waals surface area contributed by atoms with Gasteiger partial charge in [0.05, 0.1) is 18.0 Å². The van der Waals surface area contributed by atoms with Crippen molar-refractivity contribution >= 4 is 55.6 Å². The normalized spacial score (nSPS) is 10.5. The molecule has 3 aromatic carbocycles. The molecule has 5 heteroatoms. The molecule has 0 amide bonds. The van der Waals surface area contributed by atoms with Crippen LogP contribution in [-0.4, -0.2) is 0 Å². The van der Waals surface area contributed by atoms with E-state index in [0.717, 1.165) is 27.1 Å². The molecule has 0 aliphatic heterocycles. The Hall–Kier alpha value is -1.57. The van der Waals surface area contributed by atoms with Crippen molar-refractivity contribution in [2.45, 2.75) is 13.5 Å². The van der Waals surface area contributed by atoms with Gasteiger partial charge in [0.25, 0.3) is 0 Å². The summed E-state index contributed by atoms with van der Waals surface area (Å²) in [5.41, 5.74) is 8.29. The largest absolute Gasteiger partial charge is 0.354 e. The summed E-state index contributed by atoms with van der Waals surface area (Å²) in [7, 11) is 0. The lowest BCUT2D eigenvalue weighted by Crippen LogP contribution is -2.04. The first-order valence-electron chi connectivity index (χ1n) is 7.86. The highest BCUT2D eigenvalue weighted by Crippen LogP contribution is 2.30. The van der Waals surface area contributed by atoms with Crippen LogP contribution in [0.3, 0.4) is 0 Å². The second-order valence-electron chi connectivity index (χ2n) is 5.65. The van der Waals surface area contributed by atoms with Gasteiger partial charge < -0.3 is 5.32 Å². The fourth-order valence-corrected chi connectivity index (χ4v) is 3.40. The van der Waals surface area contributed by atoms with Gasteiger partial charge in [-0.25, -0.2) is 0 Å². The molecule has 0 aromatic heterocycles. The summed E-state index contributed by atoms with van der Waals surface area (Å²) in [6.07, 6.45) is 0. The van der Waals surface area contributed by atoms with Crippen LogP contribution >= 0.6 is 38.5 Å². The van der Waals surface area contributed by atoms with Crippen LogP contribution < -0.4 is 10.8 Å². The van der Waals surface area contributed by atoms with Crippen LogP contribution in [0, 0.1) is 10.5 Å². The van der Waals surface area contributed by atoms with Crippen LogP contribution in [0.5, 0.6) is 0 Å². The molecule has 0 fully saturated rings. The average molecular weight is 509 g/mol. The highest BCUT2D eigenvalue weighted by Gasteiger charge is 2.06. The lowest BCUT2D eigenvalue weighted by molar-refractivity contribution is 0.180. The van der Waals surface area contributed by atoms with Gasteiger partial charge in [0.1, 0.15) is 0 Å². The molecular formula is C20H18BrIN2O. The molecule has 0 bridgehead atoms. The molecular weight excluding hydrogens is 491 g/mol. The lowest BCUT2D eigenvalue weighted by atomic mass is 10.2. The van der Waals surface area contributed by atoms with Gasteiger partial charge in [-0.1, -0.05) is 46.3 Å². The van der Waals surface area contributed by atoms with E-state index in [1.807, 2.05) is 48.5 Å². The SMILES string of the molecule is Cc1cc(I)ccc1Nc1ccc(Br)cc1NOCc1ccccc1. The fraction of sp³-hybridized carbons (Fsp3) is 0.100. The number of nitrogens with one attached hydrogen (secondary N) is 2. The molecule has 0 spiro atoms. The second kappa shape index (κ2) is 8.69. The molecule has 25 heavy (non-hydrogen) atoms. The minimum atomic E-state index is 0.495. The summed E-state index contributed by atoms with van der Waals surface area (Å²) < 4.78 is 2.21. The van der Waals surface area contributed by atoms with Crippen molar-refractivity contribution in [1.82, 2.24) is 0 Å². The minimum Gasteiger partial charge on any atom is -0.354 e. The Morgan fingerprint density at radius 2 is 1.68 bits per heavy atom. The Kier molecular flexibility index (Phi) is 6.34. The van der Waals surface area contributed by atoms with Crippen LogP contribution in [0.15, 0.2) is 71.2 Å². The smallest absolute Gasteiger partial charge is 0.0996 e.